The Morgan fingerprint density at radius 2 is 1.60 bits per heavy atom. The molecule has 0 spiro atoms. The summed E-state index contributed by atoms with van der Waals surface area (Å²) in [4.78, 5) is 11.4. The molecule has 0 unspecified atom stereocenters. The lowest BCUT2D eigenvalue weighted by Crippen LogP contribution is -2.04. The molecule has 2 aromatic carbocycles. The summed E-state index contributed by atoms with van der Waals surface area (Å²) in [5.74, 6) is 0.388. The monoisotopic (exact) mass is 280 g/mol. The molecule has 0 atom stereocenters. The predicted octanol–water partition coefficient (Wildman–Crippen LogP) is 4.70. The Bertz CT molecular complexity index is 616. The molecule has 0 fully saturated rings. The van der Waals surface area contributed by atoms with Gasteiger partial charge in [0.05, 0.1) is 11.1 Å². The summed E-state index contributed by atoms with van der Waals surface area (Å²) in [5, 5.41) is 0. The van der Waals surface area contributed by atoms with E-state index >= 15 is 0 Å². The van der Waals surface area contributed by atoms with Crippen molar-refractivity contribution < 1.29 is 22.7 Å². The minimum atomic E-state index is -4.38. The van der Waals surface area contributed by atoms with E-state index in [1.165, 1.54) is 19.1 Å². The van der Waals surface area contributed by atoms with Crippen LogP contribution in [-0.2, 0) is 6.18 Å². The van der Waals surface area contributed by atoms with Gasteiger partial charge in [-0.3, -0.25) is 4.79 Å². The molecule has 0 heterocycles. The van der Waals surface area contributed by atoms with Gasteiger partial charge in [-0.05, 0) is 43.3 Å². The number of carbonyl (C=O) groups excluding carboxylic acids is 1. The van der Waals surface area contributed by atoms with Gasteiger partial charge >= 0.3 is 6.18 Å². The van der Waals surface area contributed by atoms with Crippen molar-refractivity contribution in [3.63, 3.8) is 0 Å². The first-order chi connectivity index (χ1) is 9.38. The van der Waals surface area contributed by atoms with E-state index in [1.807, 2.05) is 0 Å². The van der Waals surface area contributed by atoms with Crippen molar-refractivity contribution in [2.24, 2.45) is 0 Å². The summed E-state index contributed by atoms with van der Waals surface area (Å²) in [7, 11) is 0. The molecule has 20 heavy (non-hydrogen) atoms. The van der Waals surface area contributed by atoms with Crippen LogP contribution in [0.25, 0.3) is 0 Å². The Hall–Kier alpha value is -2.30. The molecule has 0 aliphatic carbocycles. The molecule has 0 aliphatic heterocycles. The van der Waals surface area contributed by atoms with Gasteiger partial charge in [0.2, 0.25) is 0 Å². The third-order valence-electron chi connectivity index (χ3n) is 2.68. The standard InChI is InChI=1S/C15H11F3O2/c1-10(19)13-4-2-3-5-14(13)20-12-8-6-11(7-9-12)15(16,17)18/h2-9H,1H3. The van der Waals surface area contributed by atoms with Crippen LogP contribution in [0.4, 0.5) is 13.2 Å². The smallest absolute Gasteiger partial charge is 0.416 e. The lowest BCUT2D eigenvalue weighted by molar-refractivity contribution is -0.137. The molecule has 104 valence electrons. The number of hydrogen-bond acceptors (Lipinski definition) is 2. The van der Waals surface area contributed by atoms with E-state index in [0.29, 0.717) is 11.3 Å². The maximum Gasteiger partial charge on any atom is 0.416 e. The average molecular weight is 280 g/mol. The summed E-state index contributed by atoms with van der Waals surface area (Å²) in [6.07, 6.45) is -4.38. The lowest BCUT2D eigenvalue weighted by Gasteiger charge is -2.10. The first-order valence-corrected chi connectivity index (χ1v) is 5.83. The number of ketones is 1. The van der Waals surface area contributed by atoms with Gasteiger partial charge in [0.25, 0.3) is 0 Å². The third kappa shape index (κ3) is 3.17. The fourth-order valence-corrected chi connectivity index (χ4v) is 1.69. The van der Waals surface area contributed by atoms with Crippen LogP contribution >= 0.6 is 0 Å². The molecule has 0 aliphatic rings. The van der Waals surface area contributed by atoms with Crippen LogP contribution in [-0.4, -0.2) is 5.78 Å². The molecule has 2 nitrogen and oxygen atoms in total. The van der Waals surface area contributed by atoms with Gasteiger partial charge in [-0.15, -0.1) is 0 Å². The Labute approximate surface area is 113 Å². The highest BCUT2D eigenvalue weighted by Gasteiger charge is 2.30. The summed E-state index contributed by atoms with van der Waals surface area (Å²) in [5.41, 5.74) is -0.364. The van der Waals surface area contributed by atoms with E-state index in [1.54, 1.807) is 24.3 Å². The maximum absolute atomic E-state index is 12.4. The lowest BCUT2D eigenvalue weighted by atomic mass is 10.1. The van der Waals surface area contributed by atoms with E-state index in [0.717, 1.165) is 12.1 Å². The largest absolute Gasteiger partial charge is 0.457 e. The van der Waals surface area contributed by atoms with Gasteiger partial charge in [0.1, 0.15) is 11.5 Å². The first kappa shape index (κ1) is 14.1. The molecule has 2 aromatic rings. The predicted molar refractivity (Wildman–Crippen MR) is 68.0 cm³/mol. The summed E-state index contributed by atoms with van der Waals surface area (Å²) in [6.45, 7) is 1.40. The normalized spacial score (nSPS) is 11.2. The second-order valence-corrected chi connectivity index (χ2v) is 4.18. The third-order valence-corrected chi connectivity index (χ3v) is 2.68. The van der Waals surface area contributed by atoms with Crippen molar-refractivity contribution in [1.29, 1.82) is 0 Å². The summed E-state index contributed by atoms with van der Waals surface area (Å²) < 4.78 is 42.7. The number of alkyl halides is 3. The molecule has 0 saturated carbocycles. The number of para-hydroxylation sites is 1. The van der Waals surface area contributed by atoms with Gasteiger partial charge in [0, 0.05) is 0 Å². The highest BCUT2D eigenvalue weighted by Crippen LogP contribution is 2.32. The molecule has 0 amide bonds. The molecule has 0 radical (unpaired) electrons. The molecule has 0 bridgehead atoms. The van der Waals surface area contributed by atoms with Crippen molar-refractivity contribution in [1.82, 2.24) is 0 Å². The summed E-state index contributed by atoms with van der Waals surface area (Å²) >= 11 is 0. The van der Waals surface area contributed by atoms with Crippen LogP contribution in [0.2, 0.25) is 0 Å². The zero-order chi connectivity index (χ0) is 14.8. The Balaban J connectivity index is 2.25. The topological polar surface area (TPSA) is 26.3 Å². The van der Waals surface area contributed by atoms with E-state index in [9.17, 15) is 18.0 Å². The molecular formula is C15H11F3O2. The van der Waals surface area contributed by atoms with Gasteiger partial charge in [-0.1, -0.05) is 12.1 Å². The van der Waals surface area contributed by atoms with E-state index in [2.05, 4.69) is 0 Å². The van der Waals surface area contributed by atoms with Crippen LogP contribution in [0.3, 0.4) is 0 Å². The zero-order valence-electron chi connectivity index (χ0n) is 10.6. The van der Waals surface area contributed by atoms with Crippen molar-refractivity contribution >= 4 is 5.78 Å². The fraction of sp³-hybridized carbons (Fsp3) is 0.133. The second kappa shape index (κ2) is 5.36. The molecule has 2 rings (SSSR count). The maximum atomic E-state index is 12.4. The van der Waals surface area contributed by atoms with Crippen LogP contribution in [0, 0.1) is 0 Å². The van der Waals surface area contributed by atoms with E-state index in [4.69, 9.17) is 4.74 Å². The van der Waals surface area contributed by atoms with Gasteiger partial charge in [-0.25, -0.2) is 0 Å². The number of ether oxygens (including phenoxy) is 1. The SMILES string of the molecule is CC(=O)c1ccccc1Oc1ccc(C(F)(F)F)cc1. The van der Waals surface area contributed by atoms with E-state index in [-0.39, 0.29) is 11.5 Å². The Morgan fingerprint density at radius 1 is 1.00 bits per heavy atom. The van der Waals surface area contributed by atoms with Gasteiger partial charge < -0.3 is 4.74 Å². The fourth-order valence-electron chi connectivity index (χ4n) is 1.69. The van der Waals surface area contributed by atoms with Crippen LogP contribution in [0.15, 0.2) is 48.5 Å². The summed E-state index contributed by atoms with van der Waals surface area (Å²) in [6, 6.07) is 10.9. The number of rotatable bonds is 3. The highest BCUT2D eigenvalue weighted by molar-refractivity contribution is 5.96. The number of benzene rings is 2. The number of halogens is 3. The number of hydrogen-bond donors (Lipinski definition) is 0. The van der Waals surface area contributed by atoms with Crippen molar-refractivity contribution in [2.75, 3.05) is 0 Å². The minimum Gasteiger partial charge on any atom is -0.457 e. The zero-order valence-corrected chi connectivity index (χ0v) is 10.6. The van der Waals surface area contributed by atoms with Crippen molar-refractivity contribution in [3.05, 3.63) is 59.7 Å². The molecule has 0 aromatic heterocycles. The molecule has 0 N–H and O–H groups in total. The van der Waals surface area contributed by atoms with E-state index < -0.39 is 11.7 Å². The Kier molecular flexibility index (Phi) is 3.79. The second-order valence-electron chi connectivity index (χ2n) is 4.18. The molecular weight excluding hydrogens is 269 g/mol. The van der Waals surface area contributed by atoms with Crippen molar-refractivity contribution in [2.45, 2.75) is 13.1 Å². The van der Waals surface area contributed by atoms with Gasteiger partial charge in [0.15, 0.2) is 5.78 Å². The molecule has 5 heteroatoms. The quantitative estimate of drug-likeness (QED) is 0.762. The highest BCUT2D eigenvalue weighted by atomic mass is 19.4. The van der Waals surface area contributed by atoms with Gasteiger partial charge in [-0.2, -0.15) is 13.2 Å². The van der Waals surface area contributed by atoms with Crippen molar-refractivity contribution in [3.8, 4) is 11.5 Å². The number of carbonyl (C=O) groups is 1. The minimum absolute atomic E-state index is 0.174. The van der Waals surface area contributed by atoms with Crippen LogP contribution in [0.5, 0.6) is 11.5 Å². The van der Waals surface area contributed by atoms with Crippen LogP contribution in [0.1, 0.15) is 22.8 Å². The molecule has 0 saturated heterocycles. The van der Waals surface area contributed by atoms with Crippen LogP contribution < -0.4 is 4.74 Å². The average Bonchev–Trinajstić information content (AvgIpc) is 2.38. The number of Topliss-reactive ketones (excluding diaryl/α,β-unsaturated/α-hetero) is 1. The first-order valence-electron chi connectivity index (χ1n) is 5.83. The Morgan fingerprint density at radius 3 is 2.15 bits per heavy atom.